The minimum absolute atomic E-state index is 0.0377. The fraction of sp³-hybridized carbons (Fsp3) is 0.500. The fourth-order valence-corrected chi connectivity index (χ4v) is 4.84. The van der Waals surface area contributed by atoms with Gasteiger partial charge in [-0.05, 0) is 68.8 Å². The molecule has 1 aromatic carbocycles. The Morgan fingerprint density at radius 3 is 2.85 bits per heavy atom. The van der Waals surface area contributed by atoms with Gasteiger partial charge in [-0.3, -0.25) is 9.59 Å². The summed E-state index contributed by atoms with van der Waals surface area (Å²) in [7, 11) is 0. The van der Waals surface area contributed by atoms with Gasteiger partial charge in [0.25, 0.3) is 0 Å². The zero-order valence-electron chi connectivity index (χ0n) is 19.1. The largest absolute Gasteiger partial charge is 0.481 e. The summed E-state index contributed by atoms with van der Waals surface area (Å²) in [4.78, 5) is 31.6. The number of aryl methyl sites for hydroxylation is 2. The van der Waals surface area contributed by atoms with Gasteiger partial charge in [0, 0.05) is 25.3 Å². The number of anilines is 1. The first-order chi connectivity index (χ1) is 16.1. The maximum Gasteiger partial charge on any atom is 0.312 e. The van der Waals surface area contributed by atoms with Crippen molar-refractivity contribution in [3.05, 3.63) is 59.3 Å². The quantitative estimate of drug-likeness (QED) is 0.544. The number of likely N-dealkylation sites (tertiary alicyclic amines) is 1. The van der Waals surface area contributed by atoms with Crippen LogP contribution in [0.2, 0.25) is 0 Å². The van der Waals surface area contributed by atoms with Crippen LogP contribution in [0.25, 0.3) is 0 Å². The first-order valence-electron chi connectivity index (χ1n) is 12.1. The molecule has 0 radical (unpaired) electrons. The second-order valence-corrected chi connectivity index (χ2v) is 9.13. The van der Waals surface area contributed by atoms with Crippen molar-refractivity contribution in [2.75, 3.05) is 38.0 Å². The molecule has 7 nitrogen and oxygen atoms in total. The van der Waals surface area contributed by atoms with Crippen LogP contribution in [0.15, 0.2) is 42.5 Å². The van der Waals surface area contributed by atoms with Crippen molar-refractivity contribution in [3.63, 3.8) is 0 Å². The van der Waals surface area contributed by atoms with Gasteiger partial charge in [0.15, 0.2) is 0 Å². The van der Waals surface area contributed by atoms with Crippen molar-refractivity contribution in [3.8, 4) is 0 Å². The van der Waals surface area contributed by atoms with E-state index in [-0.39, 0.29) is 18.4 Å². The molecule has 0 unspecified atom stereocenters. The third-order valence-electron chi connectivity index (χ3n) is 6.72. The summed E-state index contributed by atoms with van der Waals surface area (Å²) in [6.45, 7) is 3.79. The summed E-state index contributed by atoms with van der Waals surface area (Å²) in [5.41, 5.74) is 3.14. The minimum atomic E-state index is -0.919. The van der Waals surface area contributed by atoms with Crippen LogP contribution in [0.3, 0.4) is 0 Å². The third kappa shape index (κ3) is 6.32. The minimum Gasteiger partial charge on any atom is -0.481 e. The average Bonchev–Trinajstić information content (AvgIpc) is 2.84. The van der Waals surface area contributed by atoms with Gasteiger partial charge in [-0.15, -0.1) is 0 Å². The molecule has 1 amide bonds. The maximum atomic E-state index is 12.8. The molecule has 176 valence electrons. The number of benzene rings is 1. The molecule has 4 rings (SSSR count). The number of aromatic nitrogens is 1. The van der Waals surface area contributed by atoms with Crippen LogP contribution in [0.1, 0.15) is 48.4 Å². The van der Waals surface area contributed by atoms with Crippen LogP contribution in [0, 0.1) is 5.92 Å². The highest BCUT2D eigenvalue weighted by atomic mass is 16.4. The van der Waals surface area contributed by atoms with Gasteiger partial charge < -0.3 is 20.6 Å². The Bertz CT molecular complexity index is 950. The van der Waals surface area contributed by atoms with Crippen LogP contribution in [0.5, 0.6) is 0 Å². The highest BCUT2D eigenvalue weighted by Crippen LogP contribution is 2.21. The Labute approximate surface area is 195 Å². The van der Waals surface area contributed by atoms with E-state index < -0.39 is 11.9 Å². The number of nitrogens with zero attached hydrogens (tertiary/aromatic N) is 2. The molecule has 2 aromatic rings. The van der Waals surface area contributed by atoms with E-state index in [1.54, 1.807) is 12.1 Å². The standard InChI is InChI=1S/C26H34N4O3/c31-25(28-17-23(26(32)33)19-7-2-1-3-8-19)21-10-5-15-30(18-21)16-6-11-22-13-12-20-9-4-14-27-24(20)29-22/h1-3,7-8,12-13,21,23H,4-6,9-11,14-18H2,(H,27,29)(H,28,31)(H,32,33)/t21-,23+/m1/s1. The number of aliphatic carboxylic acids is 1. The number of rotatable bonds is 9. The summed E-state index contributed by atoms with van der Waals surface area (Å²) in [6, 6.07) is 13.4. The summed E-state index contributed by atoms with van der Waals surface area (Å²) in [5, 5.41) is 15.9. The van der Waals surface area contributed by atoms with Gasteiger partial charge in [0.05, 0.1) is 11.8 Å². The van der Waals surface area contributed by atoms with E-state index in [1.807, 2.05) is 18.2 Å². The molecule has 0 saturated carbocycles. The van der Waals surface area contributed by atoms with E-state index in [4.69, 9.17) is 4.98 Å². The summed E-state index contributed by atoms with van der Waals surface area (Å²) in [6.07, 6.45) is 6.05. The molecule has 1 aromatic heterocycles. The lowest BCUT2D eigenvalue weighted by atomic mass is 9.95. The highest BCUT2D eigenvalue weighted by molar-refractivity contribution is 5.81. The van der Waals surface area contributed by atoms with E-state index >= 15 is 0 Å². The van der Waals surface area contributed by atoms with Crippen molar-refractivity contribution in [2.45, 2.75) is 44.4 Å². The number of amides is 1. The first-order valence-corrected chi connectivity index (χ1v) is 12.1. The molecule has 0 bridgehead atoms. The highest BCUT2D eigenvalue weighted by Gasteiger charge is 2.27. The van der Waals surface area contributed by atoms with Gasteiger partial charge in [-0.2, -0.15) is 0 Å². The van der Waals surface area contributed by atoms with Gasteiger partial charge >= 0.3 is 5.97 Å². The monoisotopic (exact) mass is 450 g/mol. The van der Waals surface area contributed by atoms with Gasteiger partial charge in [0.1, 0.15) is 5.82 Å². The van der Waals surface area contributed by atoms with Gasteiger partial charge in [0.2, 0.25) is 5.91 Å². The molecule has 1 fully saturated rings. The molecule has 0 aliphatic carbocycles. The maximum absolute atomic E-state index is 12.8. The Balaban J connectivity index is 1.23. The number of carboxylic acid groups (broad SMARTS) is 1. The lowest BCUT2D eigenvalue weighted by molar-refractivity contribution is -0.138. The van der Waals surface area contributed by atoms with E-state index in [2.05, 4.69) is 27.7 Å². The lowest BCUT2D eigenvalue weighted by Gasteiger charge is -2.32. The zero-order chi connectivity index (χ0) is 23.0. The molecule has 2 atom stereocenters. The second kappa shape index (κ2) is 11.3. The van der Waals surface area contributed by atoms with Crippen LogP contribution < -0.4 is 10.6 Å². The first kappa shape index (κ1) is 23.2. The Morgan fingerprint density at radius 1 is 1.18 bits per heavy atom. The number of nitrogens with one attached hydrogen (secondary N) is 2. The van der Waals surface area contributed by atoms with Crippen LogP contribution in [-0.2, 0) is 22.4 Å². The van der Waals surface area contributed by atoms with E-state index in [1.165, 1.54) is 12.0 Å². The average molecular weight is 451 g/mol. The van der Waals surface area contributed by atoms with Crippen molar-refractivity contribution in [1.29, 1.82) is 0 Å². The molecular formula is C26H34N4O3. The zero-order valence-corrected chi connectivity index (χ0v) is 19.1. The fourth-order valence-electron chi connectivity index (χ4n) is 4.84. The number of carbonyl (C=O) groups is 2. The Morgan fingerprint density at radius 2 is 2.03 bits per heavy atom. The van der Waals surface area contributed by atoms with Gasteiger partial charge in [-0.1, -0.05) is 36.4 Å². The summed E-state index contributed by atoms with van der Waals surface area (Å²) >= 11 is 0. The number of pyridine rings is 1. The van der Waals surface area contributed by atoms with Crippen molar-refractivity contribution >= 4 is 17.7 Å². The molecule has 0 spiro atoms. The number of fused-ring (bicyclic) bond motifs is 1. The predicted molar refractivity (Wildman–Crippen MR) is 128 cm³/mol. The van der Waals surface area contributed by atoms with E-state index in [0.717, 1.165) is 69.8 Å². The number of piperidine rings is 1. The lowest BCUT2D eigenvalue weighted by Crippen LogP contribution is -2.44. The van der Waals surface area contributed by atoms with Gasteiger partial charge in [-0.25, -0.2) is 4.98 Å². The smallest absolute Gasteiger partial charge is 0.312 e. The van der Waals surface area contributed by atoms with Crippen LogP contribution in [0.4, 0.5) is 5.82 Å². The van der Waals surface area contributed by atoms with E-state index in [0.29, 0.717) is 5.56 Å². The van der Waals surface area contributed by atoms with Crippen LogP contribution >= 0.6 is 0 Å². The third-order valence-corrected chi connectivity index (χ3v) is 6.72. The normalized spacial score (nSPS) is 19.2. The summed E-state index contributed by atoms with van der Waals surface area (Å²) in [5.74, 6) is -0.728. The number of carbonyl (C=O) groups excluding carboxylic acids is 1. The molecule has 3 N–H and O–H groups in total. The molecule has 33 heavy (non-hydrogen) atoms. The topological polar surface area (TPSA) is 94.6 Å². The van der Waals surface area contributed by atoms with Crippen molar-refractivity contribution in [2.24, 2.45) is 5.92 Å². The number of carboxylic acids is 1. The number of hydrogen-bond acceptors (Lipinski definition) is 5. The Hall–Kier alpha value is -2.93. The molecular weight excluding hydrogens is 416 g/mol. The molecule has 2 aliphatic rings. The summed E-state index contributed by atoms with van der Waals surface area (Å²) < 4.78 is 0. The SMILES string of the molecule is O=C(NC[C@H](C(=O)O)c1ccccc1)[C@@H]1CCCN(CCCc2ccc3c(n2)NCCC3)C1. The predicted octanol–water partition coefficient (Wildman–Crippen LogP) is 3.07. The van der Waals surface area contributed by atoms with Crippen LogP contribution in [-0.4, -0.2) is 59.6 Å². The van der Waals surface area contributed by atoms with Crippen molar-refractivity contribution < 1.29 is 14.7 Å². The molecule has 2 aliphatic heterocycles. The number of hydrogen-bond donors (Lipinski definition) is 3. The Kier molecular flexibility index (Phi) is 7.94. The van der Waals surface area contributed by atoms with E-state index in [9.17, 15) is 14.7 Å². The second-order valence-electron chi connectivity index (χ2n) is 9.13. The molecule has 3 heterocycles. The molecule has 1 saturated heterocycles. The van der Waals surface area contributed by atoms with Crippen molar-refractivity contribution in [1.82, 2.24) is 15.2 Å². The molecule has 7 heteroatoms.